The first-order valence-electron chi connectivity index (χ1n) is 8.87. The average Bonchev–Trinajstić information content (AvgIpc) is 3.36. The van der Waals surface area contributed by atoms with Gasteiger partial charge in [-0.15, -0.1) is 0 Å². The summed E-state index contributed by atoms with van der Waals surface area (Å²) in [5.41, 5.74) is 9.72. The molecule has 0 bridgehead atoms. The van der Waals surface area contributed by atoms with Crippen LogP contribution < -0.4 is 5.73 Å². The molecule has 1 heterocycles. The molecule has 1 saturated carbocycles. The number of nitrogens with two attached hydrogens (primary N) is 1. The number of carbonyl (C=O) groups is 1. The molecule has 3 unspecified atom stereocenters. The van der Waals surface area contributed by atoms with Gasteiger partial charge < -0.3 is 10.6 Å². The molecule has 1 aliphatic heterocycles. The lowest BCUT2D eigenvalue weighted by Crippen LogP contribution is -2.33. The molecule has 1 saturated heterocycles. The standard InChI is InChI=1S/C20H22N2O.CH4S/c21-15-10-11-22(13-15)20(23)19-12-18(19)17-9-5-4-8-16(17)14-6-2-1-3-7-14;1-2/h1-9,15,18-19H,10-13,21H2;2H,1H3. The van der Waals surface area contributed by atoms with E-state index in [1.54, 1.807) is 6.26 Å². The third-order valence-corrected chi connectivity index (χ3v) is 5.09. The Morgan fingerprint density at radius 1 is 1.08 bits per heavy atom. The summed E-state index contributed by atoms with van der Waals surface area (Å²) in [7, 11) is 0. The first-order chi connectivity index (χ1) is 12.2. The van der Waals surface area contributed by atoms with Crippen molar-refractivity contribution in [3.8, 4) is 11.1 Å². The molecule has 2 aromatic rings. The zero-order chi connectivity index (χ0) is 17.8. The number of nitrogens with zero attached hydrogens (tertiary/aromatic N) is 1. The van der Waals surface area contributed by atoms with Crippen molar-refractivity contribution in [2.75, 3.05) is 19.3 Å². The first kappa shape index (κ1) is 18.0. The Bertz CT molecular complexity index is 719. The minimum Gasteiger partial charge on any atom is -0.341 e. The van der Waals surface area contributed by atoms with Crippen LogP contribution in [0.5, 0.6) is 0 Å². The second kappa shape index (κ2) is 8.07. The summed E-state index contributed by atoms with van der Waals surface area (Å²) in [5, 5.41) is 0. The van der Waals surface area contributed by atoms with Crippen molar-refractivity contribution in [2.24, 2.45) is 11.7 Å². The maximum atomic E-state index is 12.7. The number of thiol groups is 1. The maximum Gasteiger partial charge on any atom is 0.226 e. The molecule has 3 atom stereocenters. The van der Waals surface area contributed by atoms with Crippen LogP contribution in [-0.4, -0.2) is 36.2 Å². The summed E-state index contributed by atoms with van der Waals surface area (Å²) in [6.07, 6.45) is 3.60. The SMILES string of the molecule is CS.NC1CCN(C(=O)C2CC2c2ccccc2-c2ccccc2)C1. The molecule has 2 aromatic carbocycles. The fraction of sp³-hybridized carbons (Fsp3) is 0.381. The zero-order valence-electron chi connectivity index (χ0n) is 14.6. The summed E-state index contributed by atoms with van der Waals surface area (Å²) >= 11 is 3.53. The minimum absolute atomic E-state index is 0.144. The van der Waals surface area contributed by atoms with Gasteiger partial charge >= 0.3 is 0 Å². The molecule has 132 valence electrons. The number of amides is 1. The average molecular weight is 355 g/mol. The van der Waals surface area contributed by atoms with Gasteiger partial charge in [0.05, 0.1) is 0 Å². The number of hydrogen-bond acceptors (Lipinski definition) is 3. The molecule has 1 aliphatic carbocycles. The third kappa shape index (κ3) is 3.91. The van der Waals surface area contributed by atoms with Crippen LogP contribution in [0.15, 0.2) is 54.6 Å². The lowest BCUT2D eigenvalue weighted by Gasteiger charge is -2.16. The zero-order valence-corrected chi connectivity index (χ0v) is 15.5. The molecular formula is C21H26N2OS. The fourth-order valence-corrected chi connectivity index (χ4v) is 3.73. The minimum atomic E-state index is 0.144. The first-order valence-corrected chi connectivity index (χ1v) is 9.77. The number of carbonyl (C=O) groups excluding carboxylic acids is 1. The van der Waals surface area contributed by atoms with Gasteiger partial charge in [-0.25, -0.2) is 0 Å². The van der Waals surface area contributed by atoms with Crippen molar-refractivity contribution >= 4 is 18.5 Å². The molecule has 2 N–H and O–H groups in total. The quantitative estimate of drug-likeness (QED) is 0.828. The Labute approximate surface area is 155 Å². The van der Waals surface area contributed by atoms with Crippen molar-refractivity contribution in [1.82, 2.24) is 4.90 Å². The van der Waals surface area contributed by atoms with E-state index in [-0.39, 0.29) is 12.0 Å². The van der Waals surface area contributed by atoms with Gasteiger partial charge in [0.15, 0.2) is 0 Å². The molecule has 0 radical (unpaired) electrons. The van der Waals surface area contributed by atoms with Crippen molar-refractivity contribution in [3.05, 3.63) is 60.2 Å². The summed E-state index contributed by atoms with van der Waals surface area (Å²) in [6.45, 7) is 1.55. The van der Waals surface area contributed by atoms with Gasteiger partial charge in [0.2, 0.25) is 5.91 Å². The molecule has 2 aliphatic rings. The number of hydrogen-bond donors (Lipinski definition) is 2. The third-order valence-electron chi connectivity index (χ3n) is 5.09. The van der Waals surface area contributed by atoms with Gasteiger partial charge in [0.1, 0.15) is 0 Å². The summed E-state index contributed by atoms with van der Waals surface area (Å²) < 4.78 is 0. The van der Waals surface area contributed by atoms with Gasteiger partial charge in [0, 0.05) is 25.0 Å². The maximum absolute atomic E-state index is 12.7. The second-order valence-corrected chi connectivity index (χ2v) is 6.73. The van der Waals surface area contributed by atoms with Gasteiger partial charge in [0.25, 0.3) is 0 Å². The Kier molecular flexibility index (Phi) is 5.82. The highest BCUT2D eigenvalue weighted by Crippen LogP contribution is 2.51. The van der Waals surface area contributed by atoms with Crippen LogP contribution in [0.3, 0.4) is 0 Å². The molecule has 4 heteroatoms. The summed E-state index contributed by atoms with van der Waals surface area (Å²) in [6, 6.07) is 19.1. The number of likely N-dealkylation sites (tertiary alicyclic amines) is 1. The molecule has 25 heavy (non-hydrogen) atoms. The van der Waals surface area contributed by atoms with Crippen LogP contribution >= 0.6 is 12.6 Å². The monoisotopic (exact) mass is 354 g/mol. The Balaban J connectivity index is 0.000000880. The summed E-state index contributed by atoms with van der Waals surface area (Å²) in [4.78, 5) is 14.6. The van der Waals surface area contributed by atoms with Crippen molar-refractivity contribution in [2.45, 2.75) is 24.8 Å². The van der Waals surface area contributed by atoms with Crippen LogP contribution in [0, 0.1) is 5.92 Å². The van der Waals surface area contributed by atoms with E-state index in [1.807, 2.05) is 11.0 Å². The lowest BCUT2D eigenvalue weighted by atomic mass is 9.96. The van der Waals surface area contributed by atoms with Crippen LogP contribution in [0.1, 0.15) is 24.3 Å². The van der Waals surface area contributed by atoms with Gasteiger partial charge in [-0.3, -0.25) is 4.79 Å². The molecule has 2 fully saturated rings. The van der Waals surface area contributed by atoms with E-state index in [2.05, 4.69) is 61.2 Å². The van der Waals surface area contributed by atoms with Crippen LogP contribution in [0.2, 0.25) is 0 Å². The van der Waals surface area contributed by atoms with Crippen molar-refractivity contribution in [1.29, 1.82) is 0 Å². The predicted octanol–water partition coefficient (Wildman–Crippen LogP) is 3.56. The Morgan fingerprint density at radius 3 is 2.44 bits per heavy atom. The highest BCUT2D eigenvalue weighted by molar-refractivity contribution is 7.79. The molecule has 1 amide bonds. The number of rotatable bonds is 3. The van der Waals surface area contributed by atoms with E-state index in [1.165, 1.54) is 16.7 Å². The smallest absolute Gasteiger partial charge is 0.226 e. The predicted molar refractivity (Wildman–Crippen MR) is 107 cm³/mol. The topological polar surface area (TPSA) is 46.3 Å². The lowest BCUT2D eigenvalue weighted by molar-refractivity contribution is -0.131. The molecular weight excluding hydrogens is 328 g/mol. The van der Waals surface area contributed by atoms with E-state index in [4.69, 9.17) is 5.73 Å². The molecule has 4 rings (SSSR count). The van der Waals surface area contributed by atoms with E-state index in [0.717, 1.165) is 25.9 Å². The fourth-order valence-electron chi connectivity index (χ4n) is 3.73. The Hall–Kier alpha value is -1.78. The van der Waals surface area contributed by atoms with Crippen molar-refractivity contribution in [3.63, 3.8) is 0 Å². The highest BCUT2D eigenvalue weighted by Gasteiger charge is 2.47. The molecule has 0 aromatic heterocycles. The highest BCUT2D eigenvalue weighted by atomic mass is 32.1. The van der Waals surface area contributed by atoms with Crippen molar-refractivity contribution < 1.29 is 4.79 Å². The van der Waals surface area contributed by atoms with Gasteiger partial charge in [-0.1, -0.05) is 54.6 Å². The summed E-state index contributed by atoms with van der Waals surface area (Å²) in [5.74, 6) is 0.798. The number of benzene rings is 2. The molecule has 0 spiro atoms. The molecule has 3 nitrogen and oxygen atoms in total. The largest absolute Gasteiger partial charge is 0.341 e. The van der Waals surface area contributed by atoms with Gasteiger partial charge in [-0.05, 0) is 41.7 Å². The van der Waals surface area contributed by atoms with Crippen LogP contribution in [0.25, 0.3) is 11.1 Å². The van der Waals surface area contributed by atoms with E-state index in [0.29, 0.717) is 11.8 Å². The van der Waals surface area contributed by atoms with E-state index in [9.17, 15) is 4.79 Å². The van der Waals surface area contributed by atoms with Crippen LogP contribution in [0.4, 0.5) is 0 Å². The Morgan fingerprint density at radius 2 is 1.76 bits per heavy atom. The van der Waals surface area contributed by atoms with E-state index >= 15 is 0 Å². The van der Waals surface area contributed by atoms with E-state index < -0.39 is 0 Å². The van der Waals surface area contributed by atoms with Crippen LogP contribution in [-0.2, 0) is 4.79 Å². The second-order valence-electron chi connectivity index (χ2n) is 6.73. The van der Waals surface area contributed by atoms with Gasteiger partial charge in [-0.2, -0.15) is 12.6 Å². The normalized spacial score (nSPS) is 24.4.